The summed E-state index contributed by atoms with van der Waals surface area (Å²) in [6.45, 7) is 2.58. The molecule has 1 fully saturated rings. The molecule has 4 aromatic rings. The number of methoxy groups -OCH3 is 2. The van der Waals surface area contributed by atoms with Crippen molar-refractivity contribution in [2.45, 2.75) is 70.1 Å². The van der Waals surface area contributed by atoms with Crippen molar-refractivity contribution < 1.29 is 19.1 Å². The van der Waals surface area contributed by atoms with Crippen LogP contribution in [0.15, 0.2) is 72.8 Å². The standard InChI is InChI=1S/C35H39N3O4/c1-24-12-11-13-25(20-24)22-38-33(39)29-21-28-30(41-2)18-19-31(42-3)32(28)37(29)23-35(38,26-14-7-6-8-15-26)34(40)36-27-16-9-4-5-10-17-27/h6-8,11-15,18-21,27H,4-5,9-10,16-17,22-23H2,1-3H3,(H,36,40)/t35-/m1/s1. The van der Waals surface area contributed by atoms with Crippen molar-refractivity contribution in [3.63, 3.8) is 0 Å². The Balaban J connectivity index is 1.58. The van der Waals surface area contributed by atoms with Gasteiger partial charge in [0.05, 0.1) is 26.3 Å². The van der Waals surface area contributed by atoms with Crippen LogP contribution in [0.25, 0.3) is 10.9 Å². The Hall–Kier alpha value is -4.26. The van der Waals surface area contributed by atoms with Crippen LogP contribution in [0.3, 0.4) is 0 Å². The molecule has 0 bridgehead atoms. The van der Waals surface area contributed by atoms with Crippen LogP contribution in [-0.4, -0.2) is 41.5 Å². The molecule has 218 valence electrons. The SMILES string of the molecule is COc1ccc(OC)c2c1cc1n2C[C@](C(=O)NC2CCCCCC2)(c2ccccc2)N(Cc2cccc(C)c2)C1=O. The summed E-state index contributed by atoms with van der Waals surface area (Å²) >= 11 is 0. The number of nitrogens with zero attached hydrogens (tertiary/aromatic N) is 2. The third-order valence-corrected chi connectivity index (χ3v) is 8.97. The van der Waals surface area contributed by atoms with E-state index in [1.807, 2.05) is 78.2 Å². The molecule has 2 aliphatic rings. The summed E-state index contributed by atoms with van der Waals surface area (Å²) < 4.78 is 13.5. The molecule has 0 saturated heterocycles. The monoisotopic (exact) mass is 565 g/mol. The largest absolute Gasteiger partial charge is 0.496 e. The number of aryl methyl sites for hydroxylation is 1. The van der Waals surface area contributed by atoms with E-state index in [0.29, 0.717) is 23.7 Å². The average Bonchev–Trinajstić information content (AvgIpc) is 3.20. The van der Waals surface area contributed by atoms with E-state index in [9.17, 15) is 9.59 Å². The Morgan fingerprint density at radius 2 is 1.62 bits per heavy atom. The number of hydrogen-bond donors (Lipinski definition) is 1. The molecule has 0 spiro atoms. The molecule has 42 heavy (non-hydrogen) atoms. The van der Waals surface area contributed by atoms with E-state index in [1.165, 1.54) is 12.8 Å². The van der Waals surface area contributed by atoms with Crippen molar-refractivity contribution in [1.29, 1.82) is 0 Å². The van der Waals surface area contributed by atoms with Gasteiger partial charge in [-0.25, -0.2) is 0 Å². The lowest BCUT2D eigenvalue weighted by molar-refractivity contribution is -0.136. The predicted molar refractivity (Wildman–Crippen MR) is 164 cm³/mol. The van der Waals surface area contributed by atoms with Crippen LogP contribution < -0.4 is 14.8 Å². The van der Waals surface area contributed by atoms with Gasteiger partial charge < -0.3 is 24.3 Å². The van der Waals surface area contributed by atoms with Crippen molar-refractivity contribution in [1.82, 2.24) is 14.8 Å². The first-order valence-electron chi connectivity index (χ1n) is 14.9. The maximum absolute atomic E-state index is 14.9. The van der Waals surface area contributed by atoms with E-state index in [2.05, 4.69) is 11.4 Å². The highest BCUT2D eigenvalue weighted by Gasteiger charge is 2.53. The zero-order chi connectivity index (χ0) is 29.3. The third-order valence-electron chi connectivity index (χ3n) is 8.97. The quantitative estimate of drug-likeness (QED) is 0.265. The Morgan fingerprint density at radius 3 is 2.31 bits per heavy atom. The Morgan fingerprint density at radius 1 is 0.905 bits per heavy atom. The maximum atomic E-state index is 14.9. The molecular formula is C35H39N3O4. The summed E-state index contributed by atoms with van der Waals surface area (Å²) in [6, 6.07) is 23.6. The van der Waals surface area contributed by atoms with Gasteiger partial charge in [-0.1, -0.05) is 85.8 Å². The molecule has 1 saturated carbocycles. The number of nitrogens with one attached hydrogen (secondary N) is 1. The van der Waals surface area contributed by atoms with Gasteiger partial charge in [-0.2, -0.15) is 0 Å². The van der Waals surface area contributed by atoms with Gasteiger partial charge in [-0.3, -0.25) is 9.59 Å². The summed E-state index contributed by atoms with van der Waals surface area (Å²) in [7, 11) is 3.25. The van der Waals surface area contributed by atoms with Crippen LogP contribution in [0, 0.1) is 6.92 Å². The molecule has 2 heterocycles. The number of fused-ring (bicyclic) bond motifs is 3. The Bertz CT molecular complexity index is 1600. The average molecular weight is 566 g/mol. The Labute approximate surface area is 247 Å². The second-order valence-corrected chi connectivity index (χ2v) is 11.6. The van der Waals surface area contributed by atoms with Crippen LogP contribution in [0.1, 0.15) is 65.7 Å². The van der Waals surface area contributed by atoms with Crippen molar-refractivity contribution >= 4 is 22.7 Å². The minimum Gasteiger partial charge on any atom is -0.496 e. The second-order valence-electron chi connectivity index (χ2n) is 11.6. The fraction of sp³-hybridized carbons (Fsp3) is 0.371. The molecule has 3 aromatic carbocycles. The number of aromatic nitrogens is 1. The highest BCUT2D eigenvalue weighted by molar-refractivity contribution is 6.06. The van der Waals surface area contributed by atoms with Crippen LogP contribution in [0.5, 0.6) is 11.5 Å². The van der Waals surface area contributed by atoms with Gasteiger partial charge in [-0.15, -0.1) is 0 Å². The zero-order valence-corrected chi connectivity index (χ0v) is 24.7. The molecule has 1 N–H and O–H groups in total. The van der Waals surface area contributed by atoms with Crippen molar-refractivity contribution in [2.24, 2.45) is 0 Å². The second kappa shape index (κ2) is 11.6. The van der Waals surface area contributed by atoms with Crippen LogP contribution >= 0.6 is 0 Å². The number of amides is 2. The number of carbonyl (C=O) groups excluding carboxylic acids is 2. The van der Waals surface area contributed by atoms with Crippen molar-refractivity contribution in [2.75, 3.05) is 14.2 Å². The Kier molecular flexibility index (Phi) is 7.67. The van der Waals surface area contributed by atoms with Crippen LogP contribution in [-0.2, 0) is 23.4 Å². The van der Waals surface area contributed by atoms with E-state index >= 15 is 0 Å². The normalized spacial score (nSPS) is 19.3. The van der Waals surface area contributed by atoms with E-state index in [4.69, 9.17) is 9.47 Å². The van der Waals surface area contributed by atoms with Gasteiger partial charge in [0.2, 0.25) is 0 Å². The van der Waals surface area contributed by atoms with E-state index in [-0.39, 0.29) is 24.4 Å². The predicted octanol–water partition coefficient (Wildman–Crippen LogP) is 6.36. The fourth-order valence-electron chi connectivity index (χ4n) is 6.85. The molecule has 6 rings (SSSR count). The van der Waals surface area contributed by atoms with E-state index < -0.39 is 5.54 Å². The zero-order valence-electron chi connectivity index (χ0n) is 24.7. The van der Waals surface area contributed by atoms with Crippen molar-refractivity contribution in [3.05, 3.63) is 95.2 Å². The van der Waals surface area contributed by atoms with Crippen molar-refractivity contribution in [3.8, 4) is 11.5 Å². The van der Waals surface area contributed by atoms with E-state index in [1.54, 1.807) is 19.1 Å². The molecule has 1 aromatic heterocycles. The number of benzene rings is 3. The molecule has 0 unspecified atom stereocenters. The van der Waals surface area contributed by atoms with Gasteiger partial charge >= 0.3 is 0 Å². The molecule has 0 radical (unpaired) electrons. The maximum Gasteiger partial charge on any atom is 0.272 e. The molecule has 1 aliphatic heterocycles. The first-order chi connectivity index (χ1) is 20.5. The first-order valence-corrected chi connectivity index (χ1v) is 14.9. The molecule has 2 amide bonds. The summed E-state index contributed by atoms with van der Waals surface area (Å²) in [4.78, 5) is 31.4. The number of ether oxygens (including phenoxy) is 2. The topological polar surface area (TPSA) is 72.8 Å². The lowest BCUT2D eigenvalue weighted by Crippen LogP contribution is -2.63. The smallest absolute Gasteiger partial charge is 0.272 e. The van der Waals surface area contributed by atoms with Crippen LogP contribution in [0.2, 0.25) is 0 Å². The number of carbonyl (C=O) groups is 2. The molecular weight excluding hydrogens is 526 g/mol. The van der Waals surface area contributed by atoms with E-state index in [0.717, 1.165) is 53.3 Å². The van der Waals surface area contributed by atoms with Gasteiger partial charge in [-0.05, 0) is 49.1 Å². The minimum atomic E-state index is -1.29. The van der Waals surface area contributed by atoms with Gasteiger partial charge in [0.15, 0.2) is 5.54 Å². The van der Waals surface area contributed by atoms with Crippen LogP contribution in [0.4, 0.5) is 0 Å². The lowest BCUT2D eigenvalue weighted by atomic mass is 9.83. The first kappa shape index (κ1) is 27.9. The van der Waals surface area contributed by atoms with Gasteiger partial charge in [0.1, 0.15) is 17.2 Å². The fourth-order valence-corrected chi connectivity index (χ4v) is 6.85. The lowest BCUT2D eigenvalue weighted by Gasteiger charge is -2.47. The number of rotatable bonds is 7. The highest BCUT2D eigenvalue weighted by atomic mass is 16.5. The summed E-state index contributed by atoms with van der Waals surface area (Å²) in [5.41, 5.74) is 2.83. The minimum absolute atomic E-state index is 0.0777. The molecule has 7 heteroatoms. The number of hydrogen-bond acceptors (Lipinski definition) is 4. The summed E-state index contributed by atoms with van der Waals surface area (Å²) in [6.07, 6.45) is 6.47. The third kappa shape index (κ3) is 4.81. The van der Waals surface area contributed by atoms with Gasteiger partial charge in [0, 0.05) is 18.0 Å². The molecule has 1 aliphatic carbocycles. The highest BCUT2D eigenvalue weighted by Crippen LogP contribution is 2.44. The summed E-state index contributed by atoms with van der Waals surface area (Å²) in [5, 5.41) is 4.22. The molecule has 1 atom stereocenters. The van der Waals surface area contributed by atoms with Gasteiger partial charge in [0.25, 0.3) is 11.8 Å². The molecule has 7 nitrogen and oxygen atoms in total. The summed E-state index contributed by atoms with van der Waals surface area (Å²) in [5.74, 6) is 0.931.